The molecule has 1 aliphatic carbocycles. The molecule has 6 nitrogen and oxygen atoms in total. The third-order valence-electron chi connectivity index (χ3n) is 3.26. The van der Waals surface area contributed by atoms with E-state index in [4.69, 9.17) is 0 Å². The van der Waals surface area contributed by atoms with Gasteiger partial charge in [0, 0.05) is 17.3 Å². The van der Waals surface area contributed by atoms with Crippen LogP contribution in [0.3, 0.4) is 0 Å². The van der Waals surface area contributed by atoms with Crippen molar-refractivity contribution in [2.75, 3.05) is 5.32 Å². The molecule has 3 rings (SSSR count). The molecule has 0 radical (unpaired) electrons. The molecule has 22 heavy (non-hydrogen) atoms. The van der Waals surface area contributed by atoms with Crippen LogP contribution in [0, 0.1) is 0 Å². The van der Waals surface area contributed by atoms with E-state index in [1.54, 1.807) is 24.3 Å². The zero-order valence-electron chi connectivity index (χ0n) is 12.1. The molecule has 1 heterocycles. The molecule has 1 aromatic carbocycles. The Labute approximate surface area is 132 Å². The van der Waals surface area contributed by atoms with Crippen molar-refractivity contribution in [3.05, 3.63) is 39.8 Å². The van der Waals surface area contributed by atoms with Gasteiger partial charge in [-0.3, -0.25) is 9.59 Å². The molecule has 0 bridgehead atoms. The first kappa shape index (κ1) is 14.6. The molecule has 2 amide bonds. The van der Waals surface area contributed by atoms with Crippen molar-refractivity contribution in [2.45, 2.75) is 32.2 Å². The SMILES string of the molecule is CCc1nnc(C(=O)Nc2cccc(C(=O)NC3CC3)c2)s1. The maximum Gasteiger partial charge on any atom is 0.286 e. The van der Waals surface area contributed by atoms with Gasteiger partial charge in [0.15, 0.2) is 0 Å². The third kappa shape index (κ3) is 3.48. The van der Waals surface area contributed by atoms with E-state index in [9.17, 15) is 9.59 Å². The highest BCUT2D eigenvalue weighted by Crippen LogP contribution is 2.20. The number of amides is 2. The van der Waals surface area contributed by atoms with E-state index in [1.807, 2.05) is 6.92 Å². The number of aromatic nitrogens is 2. The number of carbonyl (C=O) groups is 2. The Hall–Kier alpha value is -2.28. The average Bonchev–Trinajstić information content (AvgIpc) is 3.20. The Morgan fingerprint density at radius 1 is 1.27 bits per heavy atom. The first-order chi connectivity index (χ1) is 10.7. The quantitative estimate of drug-likeness (QED) is 0.886. The Bertz CT molecular complexity index is 709. The van der Waals surface area contributed by atoms with Crippen molar-refractivity contribution in [3.8, 4) is 0 Å². The Morgan fingerprint density at radius 3 is 2.77 bits per heavy atom. The minimum absolute atomic E-state index is 0.109. The lowest BCUT2D eigenvalue weighted by Gasteiger charge is -2.06. The van der Waals surface area contributed by atoms with Gasteiger partial charge in [-0.25, -0.2) is 0 Å². The molecule has 1 aliphatic rings. The fourth-order valence-corrected chi connectivity index (χ4v) is 2.58. The standard InChI is InChI=1S/C15H16N4O2S/c1-2-12-18-19-15(22-12)14(21)17-11-5-3-4-9(8-11)13(20)16-10-6-7-10/h3-5,8,10H,2,6-7H2,1H3,(H,16,20)(H,17,21). The number of aryl methyl sites for hydroxylation is 1. The van der Waals surface area contributed by atoms with Gasteiger partial charge >= 0.3 is 0 Å². The summed E-state index contributed by atoms with van der Waals surface area (Å²) in [7, 11) is 0. The molecule has 2 N–H and O–H groups in total. The van der Waals surface area contributed by atoms with Gasteiger partial charge in [0.25, 0.3) is 11.8 Å². The maximum atomic E-state index is 12.1. The van der Waals surface area contributed by atoms with Crippen LogP contribution >= 0.6 is 11.3 Å². The fourth-order valence-electron chi connectivity index (χ4n) is 1.91. The fraction of sp³-hybridized carbons (Fsp3) is 0.333. The number of nitrogens with one attached hydrogen (secondary N) is 2. The second-order valence-electron chi connectivity index (χ2n) is 5.14. The molecule has 1 fully saturated rings. The molecule has 2 aromatic rings. The molecule has 0 spiro atoms. The Kier molecular flexibility index (Phi) is 4.15. The van der Waals surface area contributed by atoms with Crippen molar-refractivity contribution >= 4 is 28.8 Å². The molecular formula is C15H16N4O2S. The van der Waals surface area contributed by atoms with Crippen LogP contribution in [0.15, 0.2) is 24.3 Å². The Balaban J connectivity index is 1.68. The number of benzene rings is 1. The van der Waals surface area contributed by atoms with Crippen LogP contribution in [0.4, 0.5) is 5.69 Å². The molecule has 1 saturated carbocycles. The molecule has 1 aromatic heterocycles. The third-order valence-corrected chi connectivity index (χ3v) is 4.33. The topological polar surface area (TPSA) is 84.0 Å². The first-order valence-corrected chi connectivity index (χ1v) is 8.02. The lowest BCUT2D eigenvalue weighted by atomic mass is 10.2. The normalized spacial score (nSPS) is 13.7. The smallest absolute Gasteiger partial charge is 0.286 e. The van der Waals surface area contributed by atoms with E-state index >= 15 is 0 Å². The van der Waals surface area contributed by atoms with E-state index in [0.29, 0.717) is 22.3 Å². The van der Waals surface area contributed by atoms with Crippen molar-refractivity contribution in [3.63, 3.8) is 0 Å². The predicted molar refractivity (Wildman–Crippen MR) is 84.2 cm³/mol. The van der Waals surface area contributed by atoms with Gasteiger partial charge < -0.3 is 10.6 Å². The maximum absolute atomic E-state index is 12.1. The largest absolute Gasteiger partial charge is 0.349 e. The molecule has 0 atom stereocenters. The van der Waals surface area contributed by atoms with Crippen LogP contribution in [-0.4, -0.2) is 28.1 Å². The van der Waals surface area contributed by atoms with E-state index < -0.39 is 0 Å². The number of hydrogen-bond donors (Lipinski definition) is 2. The van der Waals surface area contributed by atoms with Gasteiger partial charge in [-0.2, -0.15) is 0 Å². The summed E-state index contributed by atoms with van der Waals surface area (Å²) in [5, 5.41) is 14.6. The lowest BCUT2D eigenvalue weighted by Crippen LogP contribution is -2.25. The van der Waals surface area contributed by atoms with Crippen LogP contribution in [0.1, 0.15) is 44.9 Å². The molecule has 114 valence electrons. The van der Waals surface area contributed by atoms with Gasteiger partial charge in [-0.1, -0.05) is 24.3 Å². The van der Waals surface area contributed by atoms with Gasteiger partial charge in [-0.15, -0.1) is 10.2 Å². The molecule has 7 heteroatoms. The van der Waals surface area contributed by atoms with Gasteiger partial charge in [0.05, 0.1) is 0 Å². The van der Waals surface area contributed by atoms with Gasteiger partial charge in [-0.05, 0) is 37.5 Å². The van der Waals surface area contributed by atoms with Crippen LogP contribution in [0.25, 0.3) is 0 Å². The van der Waals surface area contributed by atoms with Crippen LogP contribution < -0.4 is 10.6 Å². The minimum atomic E-state index is -0.308. The summed E-state index contributed by atoms with van der Waals surface area (Å²) < 4.78 is 0. The lowest BCUT2D eigenvalue weighted by molar-refractivity contribution is 0.0949. The van der Waals surface area contributed by atoms with Crippen LogP contribution in [0.5, 0.6) is 0 Å². The summed E-state index contributed by atoms with van der Waals surface area (Å²) >= 11 is 1.27. The number of hydrogen-bond acceptors (Lipinski definition) is 5. The summed E-state index contributed by atoms with van der Waals surface area (Å²) in [6, 6.07) is 7.19. The highest BCUT2D eigenvalue weighted by Gasteiger charge is 2.23. The van der Waals surface area contributed by atoms with E-state index in [1.165, 1.54) is 11.3 Å². The highest BCUT2D eigenvalue weighted by atomic mass is 32.1. The summed E-state index contributed by atoms with van der Waals surface area (Å²) in [5.41, 5.74) is 1.11. The highest BCUT2D eigenvalue weighted by molar-refractivity contribution is 7.13. The average molecular weight is 316 g/mol. The van der Waals surface area contributed by atoms with Crippen molar-refractivity contribution < 1.29 is 9.59 Å². The van der Waals surface area contributed by atoms with Crippen molar-refractivity contribution in [1.29, 1.82) is 0 Å². The minimum Gasteiger partial charge on any atom is -0.349 e. The number of nitrogens with zero attached hydrogens (tertiary/aromatic N) is 2. The van der Waals surface area contributed by atoms with Crippen LogP contribution in [0.2, 0.25) is 0 Å². The summed E-state index contributed by atoms with van der Waals surface area (Å²) in [5.74, 6) is -0.417. The Morgan fingerprint density at radius 2 is 2.09 bits per heavy atom. The van der Waals surface area contributed by atoms with E-state index in [-0.39, 0.29) is 11.8 Å². The monoisotopic (exact) mass is 316 g/mol. The second-order valence-corrected chi connectivity index (χ2v) is 6.20. The summed E-state index contributed by atoms with van der Waals surface area (Å²) in [6.45, 7) is 1.96. The van der Waals surface area contributed by atoms with Gasteiger partial charge in [0.2, 0.25) is 5.01 Å². The molecule has 0 saturated heterocycles. The van der Waals surface area contributed by atoms with E-state index in [2.05, 4.69) is 20.8 Å². The predicted octanol–water partition coefficient (Wildman–Crippen LogP) is 2.25. The number of anilines is 1. The second kappa shape index (κ2) is 6.23. The molecule has 0 unspecified atom stereocenters. The summed E-state index contributed by atoms with van der Waals surface area (Å²) in [4.78, 5) is 24.1. The molecular weight excluding hydrogens is 300 g/mol. The van der Waals surface area contributed by atoms with Crippen molar-refractivity contribution in [1.82, 2.24) is 15.5 Å². The van der Waals surface area contributed by atoms with E-state index in [0.717, 1.165) is 24.3 Å². The zero-order chi connectivity index (χ0) is 15.5. The molecule has 0 aliphatic heterocycles. The first-order valence-electron chi connectivity index (χ1n) is 7.20. The number of rotatable bonds is 5. The number of carbonyl (C=O) groups excluding carboxylic acids is 2. The van der Waals surface area contributed by atoms with Crippen molar-refractivity contribution in [2.24, 2.45) is 0 Å². The summed E-state index contributed by atoms with van der Waals surface area (Å²) in [6.07, 6.45) is 2.83. The zero-order valence-corrected chi connectivity index (χ0v) is 12.9. The van der Waals surface area contributed by atoms with Crippen LogP contribution in [-0.2, 0) is 6.42 Å². The van der Waals surface area contributed by atoms with Gasteiger partial charge in [0.1, 0.15) is 5.01 Å².